The largest absolute Gasteiger partial charge is 0.392 e. The molecule has 12 nitrogen and oxygen atoms in total. The number of Topliss-reactive ketones (excluding diaryl/α,β-unsaturated/α-hetero) is 1. The zero-order chi connectivity index (χ0) is 38.3. The normalized spacial score (nSPS) is 46.7. The van der Waals surface area contributed by atoms with E-state index in [1.165, 1.54) is 5.57 Å². The molecule has 54 heavy (non-hydrogen) atoms. The number of fused-ring (bicyclic) bond motifs is 7. The molecule has 0 saturated carbocycles. The Bertz CT molecular complexity index is 1320. The summed E-state index contributed by atoms with van der Waals surface area (Å²) < 4.78 is 58.0. The minimum atomic E-state index is -0.829. The number of aliphatic hydroxyl groups is 1. The van der Waals surface area contributed by atoms with E-state index in [1.807, 2.05) is 6.92 Å². The van der Waals surface area contributed by atoms with E-state index < -0.39 is 11.9 Å². The molecule has 0 radical (unpaired) electrons. The van der Waals surface area contributed by atoms with Gasteiger partial charge in [-0.2, -0.15) is 0 Å². The Hall–Kier alpha value is -1.29. The van der Waals surface area contributed by atoms with Crippen LogP contribution >= 0.6 is 0 Å². The predicted molar refractivity (Wildman–Crippen MR) is 200 cm³/mol. The standard InChI is InChI=1S/C42H67NO11/c1-22-14-29(48-25(4)24(22)3)8-10-33-23(2)15-31(50-33)12-13-42-20-38(46-6)41(54-42)36-19-37(53-42)40-34(52-36)11-9-30(51-40)16-27(44)17-32-26(5)49-35(39(32)47-7)18-28(45)21-43/h22,25-26,28-41,45H,2-3,8-21,43H2,1,4-7H3/t22-,25-,26+,28+,29+,30-,31+,32+,33+,34+,35-,36-,37-,38-,39-,40+,41-,42-/m1/s1. The van der Waals surface area contributed by atoms with Crippen molar-refractivity contribution < 1.29 is 52.5 Å². The highest BCUT2D eigenvalue weighted by Crippen LogP contribution is 2.49. The van der Waals surface area contributed by atoms with Crippen LogP contribution in [0.15, 0.2) is 24.3 Å². The van der Waals surface area contributed by atoms with E-state index in [0.717, 1.165) is 50.5 Å². The smallest absolute Gasteiger partial charge is 0.172 e. The number of ether oxygens (including phenoxy) is 9. The maximum absolute atomic E-state index is 13.5. The van der Waals surface area contributed by atoms with Gasteiger partial charge in [0.2, 0.25) is 0 Å². The lowest BCUT2D eigenvalue weighted by molar-refractivity contribution is -0.277. The second kappa shape index (κ2) is 17.3. The summed E-state index contributed by atoms with van der Waals surface area (Å²) in [6.07, 6.45) is 6.62. The molecule has 7 aliphatic rings. The van der Waals surface area contributed by atoms with Crippen molar-refractivity contribution in [3.8, 4) is 0 Å². The molecule has 306 valence electrons. The van der Waals surface area contributed by atoms with Gasteiger partial charge in [0.1, 0.15) is 18.0 Å². The first-order valence-corrected chi connectivity index (χ1v) is 20.8. The van der Waals surface area contributed by atoms with Crippen LogP contribution in [0.3, 0.4) is 0 Å². The lowest BCUT2D eigenvalue weighted by Gasteiger charge is -2.47. The van der Waals surface area contributed by atoms with Gasteiger partial charge in [0.15, 0.2) is 5.79 Å². The van der Waals surface area contributed by atoms with E-state index in [9.17, 15) is 9.90 Å². The van der Waals surface area contributed by atoms with Crippen molar-refractivity contribution in [1.82, 2.24) is 0 Å². The van der Waals surface area contributed by atoms with Crippen molar-refractivity contribution in [1.29, 1.82) is 0 Å². The molecule has 7 fully saturated rings. The van der Waals surface area contributed by atoms with E-state index in [1.54, 1.807) is 14.2 Å². The molecule has 0 aromatic heterocycles. The highest BCUT2D eigenvalue weighted by molar-refractivity contribution is 5.79. The molecule has 12 heteroatoms. The van der Waals surface area contributed by atoms with Crippen LogP contribution in [0.1, 0.15) is 104 Å². The highest BCUT2D eigenvalue weighted by atomic mass is 16.7. The van der Waals surface area contributed by atoms with Crippen LogP contribution in [0, 0.1) is 11.8 Å². The van der Waals surface area contributed by atoms with Crippen LogP contribution in [0.2, 0.25) is 0 Å². The van der Waals surface area contributed by atoms with Gasteiger partial charge in [-0.25, -0.2) is 0 Å². The van der Waals surface area contributed by atoms with Crippen LogP contribution in [0.25, 0.3) is 0 Å². The Balaban J connectivity index is 0.937. The Kier molecular flexibility index (Phi) is 13.1. The minimum absolute atomic E-state index is 0.0322. The molecule has 0 aliphatic carbocycles. The van der Waals surface area contributed by atoms with E-state index >= 15 is 0 Å². The Morgan fingerprint density at radius 2 is 1.70 bits per heavy atom. The van der Waals surface area contributed by atoms with Gasteiger partial charge in [0.05, 0.1) is 79.4 Å². The van der Waals surface area contributed by atoms with E-state index in [0.29, 0.717) is 44.4 Å². The molecule has 0 unspecified atom stereocenters. The number of carbonyl (C=O) groups excluding carboxylic acids is 1. The molecule has 0 aromatic carbocycles. The number of methoxy groups -OCH3 is 2. The summed E-state index contributed by atoms with van der Waals surface area (Å²) in [5.74, 6) is -0.337. The third-order valence-corrected chi connectivity index (χ3v) is 13.8. The summed E-state index contributed by atoms with van der Waals surface area (Å²) in [6, 6.07) is 0. The lowest BCUT2D eigenvalue weighted by Crippen LogP contribution is -2.58. The van der Waals surface area contributed by atoms with Gasteiger partial charge < -0.3 is 53.5 Å². The molecule has 7 saturated heterocycles. The van der Waals surface area contributed by atoms with Crippen molar-refractivity contribution in [3.63, 3.8) is 0 Å². The first-order chi connectivity index (χ1) is 25.9. The topological polar surface area (TPSA) is 146 Å². The van der Waals surface area contributed by atoms with Gasteiger partial charge in [-0.3, -0.25) is 4.79 Å². The lowest BCUT2D eigenvalue weighted by atomic mass is 9.85. The van der Waals surface area contributed by atoms with Crippen molar-refractivity contribution in [2.24, 2.45) is 17.6 Å². The molecule has 0 amide bonds. The monoisotopic (exact) mass is 761 g/mol. The molecule has 3 N–H and O–H groups in total. The molecule has 4 bridgehead atoms. The first-order valence-electron chi connectivity index (χ1n) is 20.8. The van der Waals surface area contributed by atoms with Crippen LogP contribution in [-0.2, 0) is 47.4 Å². The number of hydrogen-bond donors (Lipinski definition) is 2. The summed E-state index contributed by atoms with van der Waals surface area (Å²) in [4.78, 5) is 13.5. The zero-order valence-corrected chi connectivity index (χ0v) is 33.2. The van der Waals surface area contributed by atoms with E-state index in [4.69, 9.17) is 48.4 Å². The molecular formula is C42H67NO11. The fourth-order valence-corrected chi connectivity index (χ4v) is 10.7. The third-order valence-electron chi connectivity index (χ3n) is 13.8. The van der Waals surface area contributed by atoms with Gasteiger partial charge >= 0.3 is 0 Å². The van der Waals surface area contributed by atoms with Gasteiger partial charge in [0, 0.05) is 65.2 Å². The number of rotatable bonds is 15. The van der Waals surface area contributed by atoms with Crippen LogP contribution in [0.4, 0.5) is 0 Å². The van der Waals surface area contributed by atoms with Crippen molar-refractivity contribution in [2.45, 2.75) is 202 Å². The molecule has 0 spiro atoms. The fourth-order valence-electron chi connectivity index (χ4n) is 10.7. The van der Waals surface area contributed by atoms with Crippen LogP contribution < -0.4 is 5.73 Å². The van der Waals surface area contributed by atoms with Crippen LogP contribution in [0.5, 0.6) is 0 Å². The zero-order valence-electron chi connectivity index (χ0n) is 33.2. The molecule has 0 aromatic rings. The predicted octanol–water partition coefficient (Wildman–Crippen LogP) is 4.71. The number of hydrogen-bond acceptors (Lipinski definition) is 12. The third kappa shape index (κ3) is 8.74. The Morgan fingerprint density at radius 3 is 2.44 bits per heavy atom. The fraction of sp³-hybridized carbons (Fsp3) is 0.881. The number of ketones is 1. The highest BCUT2D eigenvalue weighted by Gasteiger charge is 2.60. The van der Waals surface area contributed by atoms with Gasteiger partial charge in [-0.1, -0.05) is 20.1 Å². The average Bonchev–Trinajstić information content (AvgIpc) is 3.77. The first kappa shape index (κ1) is 40.9. The SMILES string of the molecule is C=C1C[C@H](CC[C@]23C[C@@H](OC)[C@H](O2)[C@H]2C[C@@H](O3)[C@H]3O[C@@H](CC(=O)C[C@@H]4[C@@H](OC)[C@@H](C[C@H](O)CN)O[C@H]4C)CC[C@@H]3O2)O[C@H]1CC[C@H]1C[C@@H](C)C(=C)[C@@H](C)O1. The average molecular weight is 762 g/mol. The second-order valence-electron chi connectivity index (χ2n) is 17.5. The summed E-state index contributed by atoms with van der Waals surface area (Å²) in [5.41, 5.74) is 7.99. The van der Waals surface area contributed by atoms with Crippen molar-refractivity contribution >= 4 is 5.78 Å². The van der Waals surface area contributed by atoms with Gasteiger partial charge in [-0.05, 0) is 75.9 Å². The Morgan fingerprint density at radius 1 is 0.889 bits per heavy atom. The molecule has 18 atom stereocenters. The molecule has 7 rings (SSSR count). The van der Waals surface area contributed by atoms with Crippen molar-refractivity contribution in [2.75, 3.05) is 20.8 Å². The van der Waals surface area contributed by atoms with E-state index in [-0.39, 0.29) is 104 Å². The van der Waals surface area contributed by atoms with E-state index in [2.05, 4.69) is 27.0 Å². The molecule has 7 heterocycles. The minimum Gasteiger partial charge on any atom is -0.392 e. The summed E-state index contributed by atoms with van der Waals surface area (Å²) in [7, 11) is 3.38. The number of carbonyl (C=O) groups is 1. The summed E-state index contributed by atoms with van der Waals surface area (Å²) >= 11 is 0. The van der Waals surface area contributed by atoms with Crippen molar-refractivity contribution in [3.05, 3.63) is 24.3 Å². The number of nitrogens with two attached hydrogens (primary N) is 1. The Labute approximate surface area is 322 Å². The second-order valence-corrected chi connectivity index (χ2v) is 17.5. The summed E-state index contributed by atoms with van der Waals surface area (Å²) in [5, 5.41) is 10.1. The quantitative estimate of drug-likeness (QED) is 0.223. The van der Waals surface area contributed by atoms with Gasteiger partial charge in [0.25, 0.3) is 0 Å². The van der Waals surface area contributed by atoms with Gasteiger partial charge in [-0.15, -0.1) is 0 Å². The van der Waals surface area contributed by atoms with Crippen LogP contribution in [-0.4, -0.2) is 129 Å². The summed E-state index contributed by atoms with van der Waals surface area (Å²) in [6.45, 7) is 15.1. The maximum atomic E-state index is 13.5. The molecular weight excluding hydrogens is 694 g/mol. The maximum Gasteiger partial charge on any atom is 0.172 e. The molecule has 7 aliphatic heterocycles. The number of aliphatic hydroxyl groups excluding tert-OH is 1.